The molecule has 36 heavy (non-hydrogen) atoms. The topological polar surface area (TPSA) is 76.1 Å². The first-order chi connectivity index (χ1) is 17.1. The van der Waals surface area contributed by atoms with Crippen LogP contribution in [-0.2, 0) is 16.0 Å². The standard InChI is InChI=1S/C27H20F3NO5/c1-15-4-2-5-17(12-15)23-22(24(32)18-8-9-21-16(13-18)10-11-35-21)25(33)26(34)31(23)19-6-3-7-20(14-19)36-27(28,29)30/h2-9,12-14,23,32H,10-11H2,1H3/b24-22-. The second kappa shape index (κ2) is 8.75. The maximum atomic E-state index is 13.3. The Bertz CT molecular complexity index is 1410. The number of aliphatic hydroxyl groups excluding tert-OH is 1. The number of ketones is 1. The number of ether oxygens (including phenoxy) is 2. The predicted molar refractivity (Wildman–Crippen MR) is 125 cm³/mol. The molecule has 1 saturated heterocycles. The molecule has 2 heterocycles. The Labute approximate surface area is 204 Å². The van der Waals surface area contributed by atoms with Crippen LogP contribution in [0.5, 0.6) is 11.5 Å². The Balaban J connectivity index is 1.67. The Morgan fingerprint density at radius 2 is 1.83 bits per heavy atom. The summed E-state index contributed by atoms with van der Waals surface area (Å²) in [7, 11) is 0. The lowest BCUT2D eigenvalue weighted by molar-refractivity contribution is -0.274. The summed E-state index contributed by atoms with van der Waals surface area (Å²) < 4.78 is 48.0. The van der Waals surface area contributed by atoms with Crippen LogP contribution < -0.4 is 14.4 Å². The number of aryl methyl sites for hydroxylation is 1. The number of benzene rings is 3. The van der Waals surface area contributed by atoms with Crippen LogP contribution >= 0.6 is 0 Å². The van der Waals surface area contributed by atoms with E-state index in [1.165, 1.54) is 12.1 Å². The highest BCUT2D eigenvalue weighted by Gasteiger charge is 2.47. The minimum atomic E-state index is -4.93. The summed E-state index contributed by atoms with van der Waals surface area (Å²) in [4.78, 5) is 27.6. The van der Waals surface area contributed by atoms with Gasteiger partial charge < -0.3 is 14.6 Å². The number of hydrogen-bond acceptors (Lipinski definition) is 5. The molecule has 0 bridgehead atoms. The van der Waals surface area contributed by atoms with Crippen molar-refractivity contribution in [3.63, 3.8) is 0 Å². The van der Waals surface area contributed by atoms with Gasteiger partial charge >= 0.3 is 6.36 Å². The Hall–Kier alpha value is -4.27. The summed E-state index contributed by atoms with van der Waals surface area (Å²) in [6.45, 7) is 2.33. The number of carbonyl (C=O) groups excluding carboxylic acids is 2. The van der Waals surface area contributed by atoms with Crippen LogP contribution in [0.25, 0.3) is 5.76 Å². The smallest absolute Gasteiger partial charge is 0.507 e. The van der Waals surface area contributed by atoms with Gasteiger partial charge in [-0.3, -0.25) is 14.5 Å². The number of anilines is 1. The molecule has 1 amide bonds. The number of rotatable bonds is 4. The second-order valence-corrected chi connectivity index (χ2v) is 8.55. The molecular weight excluding hydrogens is 475 g/mol. The number of alkyl halides is 3. The number of halogens is 3. The summed E-state index contributed by atoms with van der Waals surface area (Å²) in [5.74, 6) is -2.15. The average Bonchev–Trinajstić information content (AvgIpc) is 3.39. The highest BCUT2D eigenvalue weighted by molar-refractivity contribution is 6.51. The minimum absolute atomic E-state index is 0.0201. The van der Waals surface area contributed by atoms with Gasteiger partial charge in [0.2, 0.25) is 0 Å². The van der Waals surface area contributed by atoms with Crippen molar-refractivity contribution < 1.29 is 37.3 Å². The zero-order valence-electron chi connectivity index (χ0n) is 19.0. The Kier molecular flexibility index (Phi) is 5.70. The maximum absolute atomic E-state index is 13.3. The number of Topliss-reactive ketones (excluding diaryl/α,β-unsaturated/α-hetero) is 1. The molecule has 6 nitrogen and oxygen atoms in total. The van der Waals surface area contributed by atoms with Gasteiger partial charge in [0.05, 0.1) is 18.2 Å². The van der Waals surface area contributed by atoms with E-state index in [-0.39, 0.29) is 17.0 Å². The molecule has 2 aliphatic heterocycles. The van der Waals surface area contributed by atoms with Crippen molar-refractivity contribution >= 4 is 23.1 Å². The molecule has 3 aromatic carbocycles. The minimum Gasteiger partial charge on any atom is -0.507 e. The summed E-state index contributed by atoms with van der Waals surface area (Å²) >= 11 is 0. The van der Waals surface area contributed by atoms with E-state index in [4.69, 9.17) is 4.74 Å². The summed E-state index contributed by atoms with van der Waals surface area (Å²) in [5.41, 5.74) is 2.41. The monoisotopic (exact) mass is 495 g/mol. The molecule has 0 spiro atoms. The van der Waals surface area contributed by atoms with E-state index in [9.17, 15) is 27.9 Å². The summed E-state index contributed by atoms with van der Waals surface area (Å²) in [6, 6.07) is 15.8. The van der Waals surface area contributed by atoms with Crippen LogP contribution in [0.4, 0.5) is 18.9 Å². The van der Waals surface area contributed by atoms with Crippen molar-refractivity contribution in [3.8, 4) is 11.5 Å². The largest absolute Gasteiger partial charge is 0.573 e. The molecule has 2 aliphatic rings. The first-order valence-electron chi connectivity index (χ1n) is 11.1. The third-order valence-electron chi connectivity index (χ3n) is 6.09. The third kappa shape index (κ3) is 4.28. The lowest BCUT2D eigenvalue weighted by Gasteiger charge is -2.26. The molecular formula is C27H20F3NO5. The first kappa shape index (κ1) is 23.5. The lowest BCUT2D eigenvalue weighted by atomic mass is 9.93. The fraction of sp³-hybridized carbons (Fsp3) is 0.185. The van der Waals surface area contributed by atoms with Gasteiger partial charge in [-0.2, -0.15) is 0 Å². The number of carbonyl (C=O) groups is 2. The molecule has 184 valence electrons. The summed E-state index contributed by atoms with van der Waals surface area (Å²) in [5, 5.41) is 11.3. The van der Waals surface area contributed by atoms with Crippen LogP contribution in [0.2, 0.25) is 0 Å². The van der Waals surface area contributed by atoms with Crippen LogP contribution in [0.3, 0.4) is 0 Å². The van der Waals surface area contributed by atoms with Crippen LogP contribution in [0.1, 0.15) is 28.3 Å². The number of hydrogen-bond donors (Lipinski definition) is 1. The van der Waals surface area contributed by atoms with Crippen molar-refractivity contribution in [2.45, 2.75) is 25.7 Å². The van der Waals surface area contributed by atoms with Gasteiger partial charge in [0, 0.05) is 23.7 Å². The molecule has 0 saturated carbocycles. The van der Waals surface area contributed by atoms with Crippen LogP contribution in [-0.4, -0.2) is 29.8 Å². The fourth-order valence-electron chi connectivity index (χ4n) is 4.57. The highest BCUT2D eigenvalue weighted by Crippen LogP contribution is 2.43. The highest BCUT2D eigenvalue weighted by atomic mass is 19.4. The van der Waals surface area contributed by atoms with Crippen LogP contribution in [0, 0.1) is 6.92 Å². The molecule has 0 aliphatic carbocycles. The second-order valence-electron chi connectivity index (χ2n) is 8.55. The molecule has 5 rings (SSSR count). The van der Waals surface area contributed by atoms with E-state index in [1.807, 2.05) is 13.0 Å². The van der Waals surface area contributed by atoms with E-state index in [1.54, 1.807) is 36.4 Å². The van der Waals surface area contributed by atoms with Gasteiger partial charge in [-0.25, -0.2) is 0 Å². The number of fused-ring (bicyclic) bond motifs is 1. The quantitative estimate of drug-likeness (QED) is 0.296. The number of amides is 1. The zero-order valence-corrected chi connectivity index (χ0v) is 19.0. The van der Waals surface area contributed by atoms with E-state index >= 15 is 0 Å². The van der Waals surface area contributed by atoms with Crippen molar-refractivity contribution in [2.24, 2.45) is 0 Å². The van der Waals surface area contributed by atoms with Gasteiger partial charge in [0.15, 0.2) is 0 Å². The van der Waals surface area contributed by atoms with Crippen molar-refractivity contribution in [3.05, 3.63) is 94.6 Å². The summed E-state index contributed by atoms with van der Waals surface area (Å²) in [6.07, 6.45) is -4.29. The molecule has 3 aromatic rings. The van der Waals surface area contributed by atoms with Crippen molar-refractivity contribution in [1.82, 2.24) is 0 Å². The van der Waals surface area contributed by atoms with Crippen molar-refractivity contribution in [1.29, 1.82) is 0 Å². The van der Waals surface area contributed by atoms with E-state index in [0.29, 0.717) is 29.9 Å². The number of nitrogens with zero attached hydrogens (tertiary/aromatic N) is 1. The zero-order chi connectivity index (χ0) is 25.6. The molecule has 1 fully saturated rings. The van der Waals surface area contributed by atoms with Gasteiger partial charge in [0.25, 0.3) is 11.7 Å². The lowest BCUT2D eigenvalue weighted by Crippen LogP contribution is -2.29. The molecule has 0 radical (unpaired) electrons. The fourth-order valence-corrected chi connectivity index (χ4v) is 4.57. The SMILES string of the molecule is Cc1cccc(C2/C(=C(/O)c3ccc4c(c3)CCO4)C(=O)C(=O)N2c2cccc(OC(F)(F)F)c2)c1. The van der Waals surface area contributed by atoms with Crippen LogP contribution in [0.15, 0.2) is 72.3 Å². The van der Waals surface area contributed by atoms with Gasteiger partial charge in [-0.05, 0) is 48.4 Å². The normalized spacial score (nSPS) is 18.8. The molecule has 9 heteroatoms. The van der Waals surface area contributed by atoms with Gasteiger partial charge in [-0.1, -0.05) is 35.9 Å². The maximum Gasteiger partial charge on any atom is 0.573 e. The predicted octanol–water partition coefficient (Wildman–Crippen LogP) is 5.45. The van der Waals surface area contributed by atoms with E-state index in [0.717, 1.165) is 28.2 Å². The van der Waals surface area contributed by atoms with E-state index < -0.39 is 29.8 Å². The number of aliphatic hydroxyl groups is 1. The van der Waals surface area contributed by atoms with Gasteiger partial charge in [-0.15, -0.1) is 13.2 Å². The average molecular weight is 495 g/mol. The van der Waals surface area contributed by atoms with Gasteiger partial charge in [0.1, 0.15) is 17.3 Å². The Morgan fingerprint density at radius 3 is 2.58 bits per heavy atom. The molecule has 0 aromatic heterocycles. The first-order valence-corrected chi connectivity index (χ1v) is 11.1. The molecule has 1 unspecified atom stereocenters. The van der Waals surface area contributed by atoms with E-state index in [2.05, 4.69) is 4.74 Å². The molecule has 1 atom stereocenters. The van der Waals surface area contributed by atoms with Crippen molar-refractivity contribution in [2.75, 3.05) is 11.5 Å². The molecule has 1 N–H and O–H groups in total. The third-order valence-corrected chi connectivity index (χ3v) is 6.09. The Morgan fingerprint density at radius 1 is 1.06 bits per heavy atom.